The lowest BCUT2D eigenvalue weighted by atomic mass is 10.1. The number of nitrogens with one attached hydrogen (secondary N) is 1. The van der Waals surface area contributed by atoms with Crippen molar-refractivity contribution < 1.29 is 9.47 Å². The van der Waals surface area contributed by atoms with Gasteiger partial charge in [-0.25, -0.2) is 0 Å². The molecule has 6 heteroatoms. The Morgan fingerprint density at radius 1 is 1.11 bits per heavy atom. The van der Waals surface area contributed by atoms with E-state index < -0.39 is 0 Å². The van der Waals surface area contributed by atoms with Crippen molar-refractivity contribution in [1.82, 2.24) is 9.78 Å². The van der Waals surface area contributed by atoms with E-state index in [1.807, 2.05) is 41.2 Å². The molecule has 2 aromatic carbocycles. The van der Waals surface area contributed by atoms with Crippen LogP contribution in [0.15, 0.2) is 60.9 Å². The number of aromatic nitrogens is 2. The number of rotatable bonds is 10. The van der Waals surface area contributed by atoms with E-state index in [1.165, 1.54) is 5.56 Å². The molecule has 0 fully saturated rings. The number of nitrogens with zero attached hydrogens (tertiary/aromatic N) is 3. The topological polar surface area (TPSA) is 72.1 Å². The number of methoxy groups -OCH3 is 1. The first-order valence-corrected chi connectivity index (χ1v) is 9.25. The summed E-state index contributed by atoms with van der Waals surface area (Å²) < 4.78 is 13.1. The summed E-state index contributed by atoms with van der Waals surface area (Å²) in [6, 6.07) is 18.3. The molecule has 0 saturated heterocycles. The molecule has 1 aromatic heterocycles. The van der Waals surface area contributed by atoms with E-state index in [0.29, 0.717) is 37.5 Å². The summed E-state index contributed by atoms with van der Waals surface area (Å²) in [4.78, 5) is 0. The fourth-order valence-electron chi connectivity index (χ4n) is 2.84. The van der Waals surface area contributed by atoms with E-state index in [4.69, 9.17) is 14.7 Å². The minimum Gasteiger partial charge on any atom is -0.493 e. The van der Waals surface area contributed by atoms with E-state index in [2.05, 4.69) is 34.7 Å². The van der Waals surface area contributed by atoms with Crippen molar-refractivity contribution in [2.75, 3.05) is 19.0 Å². The Balaban J connectivity index is 1.61. The molecule has 1 N–H and O–H groups in total. The van der Waals surface area contributed by atoms with Gasteiger partial charge in [-0.1, -0.05) is 18.2 Å². The summed E-state index contributed by atoms with van der Waals surface area (Å²) in [5, 5.41) is 16.3. The zero-order valence-electron chi connectivity index (χ0n) is 16.0. The van der Waals surface area contributed by atoms with E-state index in [-0.39, 0.29) is 0 Å². The summed E-state index contributed by atoms with van der Waals surface area (Å²) >= 11 is 0. The highest BCUT2D eigenvalue weighted by Crippen LogP contribution is 2.28. The molecule has 0 saturated carbocycles. The van der Waals surface area contributed by atoms with Gasteiger partial charge in [0.15, 0.2) is 11.5 Å². The lowest BCUT2D eigenvalue weighted by Crippen LogP contribution is -2.04. The molecule has 1 heterocycles. The summed E-state index contributed by atoms with van der Waals surface area (Å²) in [5.41, 5.74) is 3.33. The van der Waals surface area contributed by atoms with Gasteiger partial charge in [-0.2, -0.15) is 10.4 Å². The van der Waals surface area contributed by atoms with E-state index in [0.717, 1.165) is 17.8 Å². The maximum Gasteiger partial charge on any atom is 0.161 e. The van der Waals surface area contributed by atoms with Gasteiger partial charge in [-0.05, 0) is 47.9 Å². The van der Waals surface area contributed by atoms with Gasteiger partial charge in [0.05, 0.1) is 26.3 Å². The molecule has 0 aliphatic rings. The van der Waals surface area contributed by atoms with Gasteiger partial charge in [-0.15, -0.1) is 0 Å². The Kier molecular flexibility index (Phi) is 6.91. The Hall–Kier alpha value is -3.46. The number of benzene rings is 2. The number of hydrogen-bond acceptors (Lipinski definition) is 5. The zero-order chi connectivity index (χ0) is 19.6. The molecule has 0 bridgehead atoms. The first-order chi connectivity index (χ1) is 13.8. The molecular weight excluding hydrogens is 352 g/mol. The quantitative estimate of drug-likeness (QED) is 0.536. The third-order valence-electron chi connectivity index (χ3n) is 4.25. The maximum absolute atomic E-state index is 8.63. The van der Waals surface area contributed by atoms with Crippen LogP contribution < -0.4 is 14.8 Å². The van der Waals surface area contributed by atoms with Crippen LogP contribution in [0.4, 0.5) is 5.69 Å². The second-order valence-corrected chi connectivity index (χ2v) is 6.35. The lowest BCUT2D eigenvalue weighted by molar-refractivity contribution is 0.290. The minimum atomic E-state index is 0.485. The van der Waals surface area contributed by atoms with Crippen molar-refractivity contribution in [1.29, 1.82) is 5.26 Å². The number of unbranched alkanes of at least 4 members (excludes halogenated alkanes) is 1. The third-order valence-corrected chi connectivity index (χ3v) is 4.25. The van der Waals surface area contributed by atoms with Gasteiger partial charge >= 0.3 is 0 Å². The molecule has 0 aliphatic heterocycles. The SMILES string of the molecule is COc1ccc(CNc2cccc(Cn3cccn3)c2)cc1OCCCC#N. The summed E-state index contributed by atoms with van der Waals surface area (Å²) in [6.45, 7) is 1.91. The smallest absolute Gasteiger partial charge is 0.161 e. The Morgan fingerprint density at radius 3 is 2.82 bits per heavy atom. The van der Waals surface area contributed by atoms with Crippen LogP contribution in [0.2, 0.25) is 0 Å². The standard InChI is InChI=1S/C22H24N4O2/c1-27-21-9-8-18(15-22(21)28-13-3-2-10-23)16-24-20-7-4-6-19(14-20)17-26-12-5-11-25-26/h4-9,11-12,14-15,24H,2-3,13,16-17H2,1H3. The fraction of sp³-hybridized carbons (Fsp3) is 0.273. The average molecular weight is 376 g/mol. The van der Waals surface area contributed by atoms with Crippen LogP contribution in [0.25, 0.3) is 0 Å². The number of ether oxygens (including phenoxy) is 2. The van der Waals surface area contributed by atoms with E-state index >= 15 is 0 Å². The highest BCUT2D eigenvalue weighted by Gasteiger charge is 2.06. The molecule has 0 spiro atoms. The molecule has 0 aliphatic carbocycles. The molecule has 6 nitrogen and oxygen atoms in total. The van der Waals surface area contributed by atoms with Gasteiger partial charge < -0.3 is 14.8 Å². The predicted octanol–water partition coefficient (Wildman–Crippen LogP) is 4.23. The highest BCUT2D eigenvalue weighted by molar-refractivity contribution is 5.48. The Bertz CT molecular complexity index is 917. The normalized spacial score (nSPS) is 10.3. The van der Waals surface area contributed by atoms with Crippen molar-refractivity contribution in [3.63, 3.8) is 0 Å². The number of nitriles is 1. The van der Waals surface area contributed by atoms with Crippen molar-refractivity contribution in [3.05, 3.63) is 72.1 Å². The molecule has 28 heavy (non-hydrogen) atoms. The zero-order valence-corrected chi connectivity index (χ0v) is 16.0. The predicted molar refractivity (Wildman–Crippen MR) is 108 cm³/mol. The summed E-state index contributed by atoms with van der Waals surface area (Å²) in [6.07, 6.45) is 4.92. The Labute approximate surface area is 165 Å². The van der Waals surface area contributed by atoms with Crippen molar-refractivity contribution in [2.24, 2.45) is 0 Å². The molecule has 3 rings (SSSR count). The van der Waals surface area contributed by atoms with Crippen LogP contribution in [-0.4, -0.2) is 23.5 Å². The first-order valence-electron chi connectivity index (χ1n) is 9.25. The Morgan fingerprint density at radius 2 is 2.04 bits per heavy atom. The fourth-order valence-corrected chi connectivity index (χ4v) is 2.84. The van der Waals surface area contributed by atoms with Crippen LogP contribution in [0.5, 0.6) is 11.5 Å². The largest absolute Gasteiger partial charge is 0.493 e. The van der Waals surface area contributed by atoms with Crippen LogP contribution in [0, 0.1) is 11.3 Å². The van der Waals surface area contributed by atoms with Crippen LogP contribution in [-0.2, 0) is 13.1 Å². The third kappa shape index (κ3) is 5.52. The highest BCUT2D eigenvalue weighted by atomic mass is 16.5. The second-order valence-electron chi connectivity index (χ2n) is 6.35. The van der Waals surface area contributed by atoms with E-state index in [9.17, 15) is 0 Å². The van der Waals surface area contributed by atoms with Crippen molar-refractivity contribution in [3.8, 4) is 17.6 Å². The molecule has 0 amide bonds. The number of hydrogen-bond donors (Lipinski definition) is 1. The van der Waals surface area contributed by atoms with Gasteiger partial charge in [0.1, 0.15) is 0 Å². The van der Waals surface area contributed by atoms with Crippen molar-refractivity contribution >= 4 is 5.69 Å². The molecule has 0 atom stereocenters. The van der Waals surface area contributed by atoms with Crippen molar-refractivity contribution in [2.45, 2.75) is 25.9 Å². The van der Waals surface area contributed by atoms with Gasteiger partial charge in [0, 0.05) is 31.0 Å². The van der Waals surface area contributed by atoms with Crippen LogP contribution >= 0.6 is 0 Å². The average Bonchev–Trinajstić information content (AvgIpc) is 3.23. The molecular formula is C22H24N4O2. The lowest BCUT2D eigenvalue weighted by Gasteiger charge is -2.13. The van der Waals surface area contributed by atoms with Gasteiger partial charge in [0.2, 0.25) is 0 Å². The van der Waals surface area contributed by atoms with Gasteiger partial charge in [-0.3, -0.25) is 4.68 Å². The summed E-state index contributed by atoms with van der Waals surface area (Å²) in [5.74, 6) is 1.40. The minimum absolute atomic E-state index is 0.485. The monoisotopic (exact) mass is 376 g/mol. The number of anilines is 1. The van der Waals surface area contributed by atoms with Crippen LogP contribution in [0.3, 0.4) is 0 Å². The molecule has 0 unspecified atom stereocenters. The molecule has 144 valence electrons. The summed E-state index contributed by atoms with van der Waals surface area (Å²) in [7, 11) is 1.63. The molecule has 0 radical (unpaired) electrons. The maximum atomic E-state index is 8.63. The van der Waals surface area contributed by atoms with E-state index in [1.54, 1.807) is 13.3 Å². The van der Waals surface area contributed by atoms with Gasteiger partial charge in [0.25, 0.3) is 0 Å². The van der Waals surface area contributed by atoms with Crippen LogP contribution in [0.1, 0.15) is 24.0 Å². The molecule has 3 aromatic rings. The first kappa shape index (κ1) is 19.3. The second kappa shape index (κ2) is 10.0.